The van der Waals surface area contributed by atoms with Crippen molar-refractivity contribution in [3.05, 3.63) is 58.0 Å². The predicted molar refractivity (Wildman–Crippen MR) is 82.6 cm³/mol. The van der Waals surface area contributed by atoms with Crippen LogP contribution in [0.15, 0.2) is 41.8 Å². The van der Waals surface area contributed by atoms with Gasteiger partial charge in [0.1, 0.15) is 5.82 Å². The number of rotatable bonds is 6. The lowest BCUT2D eigenvalue weighted by Gasteiger charge is -2.22. The van der Waals surface area contributed by atoms with Crippen LogP contribution in [-0.4, -0.2) is 16.8 Å². The van der Waals surface area contributed by atoms with Crippen LogP contribution >= 0.6 is 11.3 Å². The number of halogens is 1. The van der Waals surface area contributed by atoms with Gasteiger partial charge >= 0.3 is 0 Å². The maximum Gasteiger partial charge on any atom is 0.223 e. The summed E-state index contributed by atoms with van der Waals surface area (Å²) < 4.78 is 13.3. The van der Waals surface area contributed by atoms with Crippen LogP contribution < -0.4 is 0 Å². The second-order valence-corrected chi connectivity index (χ2v) is 6.49. The number of nitrogens with zero attached hydrogens (tertiary/aromatic N) is 1. The molecule has 0 bridgehead atoms. The Morgan fingerprint density at radius 2 is 2.14 bits per heavy atom. The van der Waals surface area contributed by atoms with Gasteiger partial charge in [0.05, 0.1) is 0 Å². The van der Waals surface area contributed by atoms with Crippen LogP contribution in [0.4, 0.5) is 4.39 Å². The Morgan fingerprint density at radius 1 is 1.29 bits per heavy atom. The summed E-state index contributed by atoms with van der Waals surface area (Å²) in [5.74, 6) is -0.0653. The van der Waals surface area contributed by atoms with E-state index in [9.17, 15) is 9.18 Å². The van der Waals surface area contributed by atoms with Crippen LogP contribution in [0.5, 0.6) is 0 Å². The fraction of sp³-hybridized carbons (Fsp3) is 0.353. The maximum atomic E-state index is 13.3. The van der Waals surface area contributed by atoms with Gasteiger partial charge in [-0.25, -0.2) is 4.39 Å². The Bertz CT molecular complexity index is 607. The average Bonchev–Trinajstić information content (AvgIpc) is 3.18. The summed E-state index contributed by atoms with van der Waals surface area (Å²) in [4.78, 5) is 15.6. The molecule has 4 heteroatoms. The SMILES string of the molecule is O=C(CCc1cccs1)N(Cc1cccc(F)c1)C1CC1. The van der Waals surface area contributed by atoms with Crippen molar-refractivity contribution in [2.45, 2.75) is 38.3 Å². The zero-order valence-electron chi connectivity index (χ0n) is 11.8. The van der Waals surface area contributed by atoms with Gasteiger partial charge in [0.2, 0.25) is 5.91 Å². The highest BCUT2D eigenvalue weighted by Crippen LogP contribution is 2.29. The van der Waals surface area contributed by atoms with E-state index in [1.165, 1.54) is 17.0 Å². The molecule has 0 atom stereocenters. The lowest BCUT2D eigenvalue weighted by Crippen LogP contribution is -2.32. The molecule has 1 saturated carbocycles. The number of hydrogen-bond donors (Lipinski definition) is 0. The molecule has 1 heterocycles. The van der Waals surface area contributed by atoms with Crippen LogP contribution in [0.25, 0.3) is 0 Å². The molecular weight excluding hydrogens is 285 g/mol. The Morgan fingerprint density at radius 3 is 2.81 bits per heavy atom. The van der Waals surface area contributed by atoms with Crippen molar-refractivity contribution in [2.75, 3.05) is 0 Å². The Kier molecular flexibility index (Phi) is 4.34. The molecule has 0 radical (unpaired) electrons. The standard InChI is InChI=1S/C17H18FNOS/c18-14-4-1-3-13(11-14)12-19(15-6-7-15)17(20)9-8-16-5-2-10-21-16/h1-5,10-11,15H,6-9,12H2. The van der Waals surface area contributed by atoms with Gasteiger partial charge in [-0.15, -0.1) is 11.3 Å². The molecule has 1 fully saturated rings. The molecule has 1 aromatic carbocycles. The first-order valence-electron chi connectivity index (χ1n) is 7.28. The van der Waals surface area contributed by atoms with Crippen molar-refractivity contribution < 1.29 is 9.18 Å². The largest absolute Gasteiger partial charge is 0.335 e. The van der Waals surface area contributed by atoms with Crippen LogP contribution in [0.2, 0.25) is 0 Å². The van der Waals surface area contributed by atoms with Crippen molar-refractivity contribution in [2.24, 2.45) is 0 Å². The minimum absolute atomic E-state index is 0.176. The van der Waals surface area contributed by atoms with E-state index in [0.29, 0.717) is 19.0 Å². The number of amides is 1. The smallest absolute Gasteiger partial charge is 0.223 e. The first-order chi connectivity index (χ1) is 10.2. The van der Waals surface area contributed by atoms with Crippen molar-refractivity contribution in [1.29, 1.82) is 0 Å². The van der Waals surface area contributed by atoms with Crippen LogP contribution in [0.3, 0.4) is 0 Å². The van der Waals surface area contributed by atoms with Gasteiger partial charge in [0.25, 0.3) is 0 Å². The molecule has 1 aliphatic rings. The van der Waals surface area contributed by atoms with E-state index in [0.717, 1.165) is 24.8 Å². The molecule has 0 aliphatic heterocycles. The third kappa shape index (κ3) is 3.91. The lowest BCUT2D eigenvalue weighted by atomic mass is 10.2. The van der Waals surface area contributed by atoms with E-state index in [2.05, 4.69) is 6.07 Å². The highest BCUT2D eigenvalue weighted by molar-refractivity contribution is 7.09. The molecule has 3 rings (SSSR count). The van der Waals surface area contributed by atoms with Crippen LogP contribution in [-0.2, 0) is 17.8 Å². The van der Waals surface area contributed by atoms with Crippen molar-refractivity contribution in [3.8, 4) is 0 Å². The number of carbonyl (C=O) groups excluding carboxylic acids is 1. The van der Waals surface area contributed by atoms with E-state index in [1.54, 1.807) is 17.4 Å². The number of hydrogen-bond acceptors (Lipinski definition) is 2. The molecule has 0 N–H and O–H groups in total. The van der Waals surface area contributed by atoms with Crippen LogP contribution in [0, 0.1) is 5.82 Å². The first-order valence-corrected chi connectivity index (χ1v) is 8.16. The number of aryl methyl sites for hydroxylation is 1. The monoisotopic (exact) mass is 303 g/mol. The summed E-state index contributed by atoms with van der Waals surface area (Å²) in [6, 6.07) is 11.0. The van der Waals surface area contributed by atoms with E-state index >= 15 is 0 Å². The lowest BCUT2D eigenvalue weighted by molar-refractivity contribution is -0.132. The average molecular weight is 303 g/mol. The zero-order valence-corrected chi connectivity index (χ0v) is 12.6. The quantitative estimate of drug-likeness (QED) is 0.789. The Hall–Kier alpha value is -1.68. The van der Waals surface area contributed by atoms with Crippen LogP contribution in [0.1, 0.15) is 29.7 Å². The molecule has 1 aromatic heterocycles. The van der Waals surface area contributed by atoms with Crippen molar-refractivity contribution >= 4 is 17.2 Å². The van der Waals surface area contributed by atoms with E-state index in [1.807, 2.05) is 22.4 Å². The molecule has 2 aromatic rings. The molecule has 2 nitrogen and oxygen atoms in total. The minimum Gasteiger partial charge on any atom is -0.335 e. The molecule has 0 spiro atoms. The summed E-state index contributed by atoms with van der Waals surface area (Å²) in [6.45, 7) is 0.520. The fourth-order valence-electron chi connectivity index (χ4n) is 2.47. The predicted octanol–water partition coefficient (Wildman–Crippen LogP) is 4.01. The van der Waals surface area contributed by atoms with Gasteiger partial charge in [-0.05, 0) is 48.4 Å². The summed E-state index contributed by atoms with van der Waals surface area (Å²) in [6.07, 6.45) is 3.47. The normalized spacial score (nSPS) is 14.1. The summed E-state index contributed by atoms with van der Waals surface area (Å²) in [7, 11) is 0. The van der Waals surface area contributed by atoms with E-state index in [-0.39, 0.29) is 11.7 Å². The fourth-order valence-corrected chi connectivity index (χ4v) is 3.18. The molecule has 0 unspecified atom stereocenters. The molecule has 110 valence electrons. The number of thiophene rings is 1. The van der Waals surface area contributed by atoms with Gasteiger partial charge in [0, 0.05) is 23.9 Å². The van der Waals surface area contributed by atoms with Gasteiger partial charge in [0.15, 0.2) is 0 Å². The van der Waals surface area contributed by atoms with E-state index in [4.69, 9.17) is 0 Å². The topological polar surface area (TPSA) is 20.3 Å². The number of benzene rings is 1. The van der Waals surface area contributed by atoms with Gasteiger partial charge in [-0.2, -0.15) is 0 Å². The highest BCUT2D eigenvalue weighted by Gasteiger charge is 2.32. The van der Waals surface area contributed by atoms with Crippen molar-refractivity contribution in [3.63, 3.8) is 0 Å². The van der Waals surface area contributed by atoms with E-state index < -0.39 is 0 Å². The maximum absolute atomic E-state index is 13.3. The molecule has 0 saturated heterocycles. The summed E-state index contributed by atoms with van der Waals surface area (Å²) in [5, 5.41) is 2.03. The second-order valence-electron chi connectivity index (χ2n) is 5.46. The zero-order chi connectivity index (χ0) is 14.7. The Labute approximate surface area is 128 Å². The molecule has 1 aliphatic carbocycles. The van der Waals surface area contributed by atoms with Gasteiger partial charge in [-0.3, -0.25) is 4.79 Å². The molecule has 21 heavy (non-hydrogen) atoms. The number of carbonyl (C=O) groups is 1. The van der Waals surface area contributed by atoms with Gasteiger partial charge < -0.3 is 4.90 Å². The first kappa shape index (κ1) is 14.3. The third-order valence-corrected chi connectivity index (χ3v) is 4.65. The second kappa shape index (κ2) is 6.39. The Balaban J connectivity index is 1.62. The molecular formula is C17H18FNOS. The highest BCUT2D eigenvalue weighted by atomic mass is 32.1. The van der Waals surface area contributed by atoms with Crippen molar-refractivity contribution in [1.82, 2.24) is 4.90 Å². The third-order valence-electron chi connectivity index (χ3n) is 3.72. The summed E-state index contributed by atoms with van der Waals surface area (Å²) in [5.41, 5.74) is 0.867. The summed E-state index contributed by atoms with van der Waals surface area (Å²) >= 11 is 1.69. The minimum atomic E-state index is -0.241. The van der Waals surface area contributed by atoms with Gasteiger partial charge in [-0.1, -0.05) is 18.2 Å². The molecule has 1 amide bonds.